The van der Waals surface area contributed by atoms with Gasteiger partial charge in [-0.25, -0.2) is 4.98 Å². The molecule has 0 spiro atoms. The second-order valence-corrected chi connectivity index (χ2v) is 9.34. The van der Waals surface area contributed by atoms with Gasteiger partial charge in [0.15, 0.2) is 0 Å². The molecule has 0 fully saturated rings. The van der Waals surface area contributed by atoms with Crippen LogP contribution in [0.3, 0.4) is 0 Å². The van der Waals surface area contributed by atoms with Gasteiger partial charge in [0.25, 0.3) is 0 Å². The quantitative estimate of drug-likeness (QED) is 0.246. The summed E-state index contributed by atoms with van der Waals surface area (Å²) in [5, 5.41) is 8.88. The average Bonchev–Trinajstić information content (AvgIpc) is 3.37. The van der Waals surface area contributed by atoms with Crippen LogP contribution in [-0.2, 0) is 12.8 Å². The van der Waals surface area contributed by atoms with Crippen LogP contribution in [-0.4, -0.2) is 9.38 Å². The van der Waals surface area contributed by atoms with Gasteiger partial charge in [-0.3, -0.25) is 4.40 Å². The minimum Gasteiger partial charge on any atom is -0.298 e. The number of rotatable bonds is 3. The Kier molecular flexibility index (Phi) is 4.44. The first kappa shape index (κ1) is 20.2. The highest BCUT2D eigenvalue weighted by molar-refractivity contribution is 6.31. The first-order chi connectivity index (χ1) is 17.3. The number of pyridine rings is 1. The summed E-state index contributed by atoms with van der Waals surface area (Å²) in [4.78, 5) is 5.33. The van der Waals surface area contributed by atoms with Gasteiger partial charge in [-0.05, 0) is 45.5 Å². The molecule has 0 amide bonds. The largest absolute Gasteiger partial charge is 0.298 e. The van der Waals surface area contributed by atoms with E-state index in [1.807, 2.05) is 0 Å². The van der Waals surface area contributed by atoms with E-state index in [2.05, 4.69) is 115 Å². The summed E-state index contributed by atoms with van der Waals surface area (Å²) in [6, 6.07) is 33.0. The molecule has 7 rings (SSSR count). The normalized spacial score (nSPS) is 11.9. The molecule has 0 aliphatic heterocycles. The highest BCUT2D eigenvalue weighted by atomic mass is 15.0. The third-order valence-corrected chi connectivity index (χ3v) is 7.54. The Labute approximate surface area is 204 Å². The molecule has 7 aromatic rings. The Morgan fingerprint density at radius 3 is 1.71 bits per heavy atom. The standard InChI is InChI=1S/C33H26N2/c1-3-21-12-11-13-22(4-2)30(21)29-20-35-32-27-18-9-6-15-24(27)23-14-5-7-16-25(23)31(32)26-17-8-10-19-28(26)33(35)34-29/h5-20H,3-4H2,1-2H3. The van der Waals surface area contributed by atoms with Crippen molar-refractivity contribution in [2.75, 3.05) is 0 Å². The van der Waals surface area contributed by atoms with Crippen molar-refractivity contribution in [2.24, 2.45) is 0 Å². The van der Waals surface area contributed by atoms with Crippen LogP contribution in [0.2, 0.25) is 0 Å². The van der Waals surface area contributed by atoms with E-state index < -0.39 is 0 Å². The molecular formula is C33H26N2. The first-order valence-corrected chi connectivity index (χ1v) is 12.5. The van der Waals surface area contributed by atoms with Gasteiger partial charge in [0.2, 0.25) is 0 Å². The lowest BCUT2D eigenvalue weighted by Crippen LogP contribution is -1.94. The smallest absolute Gasteiger partial charge is 0.145 e. The van der Waals surface area contributed by atoms with Crippen LogP contribution < -0.4 is 0 Å². The molecule has 35 heavy (non-hydrogen) atoms. The van der Waals surface area contributed by atoms with Crippen molar-refractivity contribution in [1.82, 2.24) is 9.38 Å². The molecule has 2 nitrogen and oxygen atoms in total. The highest BCUT2D eigenvalue weighted by Crippen LogP contribution is 2.41. The van der Waals surface area contributed by atoms with Crippen molar-refractivity contribution in [1.29, 1.82) is 0 Å². The molecule has 0 aliphatic carbocycles. The molecular weight excluding hydrogens is 424 g/mol. The number of nitrogens with zero attached hydrogens (tertiary/aromatic N) is 2. The molecule has 5 aromatic carbocycles. The Morgan fingerprint density at radius 1 is 0.571 bits per heavy atom. The van der Waals surface area contributed by atoms with Gasteiger partial charge in [0, 0.05) is 27.9 Å². The third kappa shape index (κ3) is 2.80. The molecule has 0 bridgehead atoms. The zero-order valence-corrected chi connectivity index (χ0v) is 20.0. The summed E-state index contributed by atoms with van der Waals surface area (Å²) in [5.41, 5.74) is 7.33. The maximum Gasteiger partial charge on any atom is 0.145 e. The molecule has 168 valence electrons. The molecule has 0 saturated carbocycles. The van der Waals surface area contributed by atoms with Crippen molar-refractivity contribution in [3.8, 4) is 11.3 Å². The lowest BCUT2D eigenvalue weighted by Gasteiger charge is -2.14. The molecule has 0 aliphatic rings. The molecule has 2 heterocycles. The molecule has 2 heteroatoms. The number of hydrogen-bond donors (Lipinski definition) is 0. The molecule has 0 unspecified atom stereocenters. The van der Waals surface area contributed by atoms with Crippen molar-refractivity contribution >= 4 is 48.9 Å². The maximum atomic E-state index is 5.33. The predicted molar refractivity (Wildman–Crippen MR) is 149 cm³/mol. The number of aromatic nitrogens is 2. The molecule has 0 atom stereocenters. The fraction of sp³-hybridized carbons (Fsp3) is 0.121. The SMILES string of the molecule is CCc1cccc(CC)c1-c1cn2c(n1)c1ccccc1c1c3ccccc3c3ccccc3c12. The van der Waals surface area contributed by atoms with Crippen LogP contribution in [0.1, 0.15) is 25.0 Å². The second-order valence-electron chi connectivity index (χ2n) is 9.34. The van der Waals surface area contributed by atoms with E-state index >= 15 is 0 Å². The van der Waals surface area contributed by atoms with Crippen LogP contribution in [0.4, 0.5) is 0 Å². The fourth-order valence-electron chi connectivity index (χ4n) is 5.97. The minimum atomic E-state index is 0.992. The summed E-state index contributed by atoms with van der Waals surface area (Å²) in [7, 11) is 0. The Bertz CT molecular complexity index is 1900. The van der Waals surface area contributed by atoms with Crippen molar-refractivity contribution in [3.05, 3.63) is 108 Å². The fourth-order valence-corrected chi connectivity index (χ4v) is 5.97. The van der Waals surface area contributed by atoms with E-state index in [-0.39, 0.29) is 0 Å². The van der Waals surface area contributed by atoms with Gasteiger partial charge in [-0.15, -0.1) is 0 Å². The maximum absolute atomic E-state index is 5.33. The van der Waals surface area contributed by atoms with Crippen LogP contribution in [0.5, 0.6) is 0 Å². The van der Waals surface area contributed by atoms with Crippen LogP contribution >= 0.6 is 0 Å². The van der Waals surface area contributed by atoms with Gasteiger partial charge < -0.3 is 0 Å². The third-order valence-electron chi connectivity index (χ3n) is 7.54. The van der Waals surface area contributed by atoms with E-state index in [1.54, 1.807) is 0 Å². The monoisotopic (exact) mass is 450 g/mol. The molecule has 0 radical (unpaired) electrons. The lowest BCUT2D eigenvalue weighted by molar-refractivity contribution is 1.09. The lowest BCUT2D eigenvalue weighted by atomic mass is 9.94. The van der Waals surface area contributed by atoms with Crippen LogP contribution in [0.25, 0.3) is 60.1 Å². The number of hydrogen-bond acceptors (Lipinski definition) is 1. The van der Waals surface area contributed by atoms with Crippen LogP contribution in [0.15, 0.2) is 97.2 Å². The predicted octanol–water partition coefficient (Wildman–Crippen LogP) is 8.74. The van der Waals surface area contributed by atoms with E-state index in [0.717, 1.165) is 24.2 Å². The van der Waals surface area contributed by atoms with Gasteiger partial charge >= 0.3 is 0 Å². The van der Waals surface area contributed by atoms with Gasteiger partial charge in [0.1, 0.15) is 5.65 Å². The Balaban J connectivity index is 1.76. The topological polar surface area (TPSA) is 17.3 Å². The number of aryl methyl sites for hydroxylation is 2. The van der Waals surface area contributed by atoms with E-state index in [4.69, 9.17) is 4.98 Å². The molecule has 0 saturated heterocycles. The second kappa shape index (κ2) is 7.68. The minimum absolute atomic E-state index is 0.992. The zero-order chi connectivity index (χ0) is 23.5. The van der Waals surface area contributed by atoms with E-state index in [1.165, 1.54) is 59.9 Å². The van der Waals surface area contributed by atoms with Crippen LogP contribution in [0, 0.1) is 0 Å². The Hall–Kier alpha value is -4.17. The highest BCUT2D eigenvalue weighted by Gasteiger charge is 2.19. The Morgan fingerprint density at radius 2 is 1.09 bits per heavy atom. The first-order valence-electron chi connectivity index (χ1n) is 12.5. The summed E-state index contributed by atoms with van der Waals surface area (Å²) in [5.74, 6) is 0. The van der Waals surface area contributed by atoms with Crippen molar-refractivity contribution in [2.45, 2.75) is 26.7 Å². The summed E-state index contributed by atoms with van der Waals surface area (Å²) < 4.78 is 2.35. The zero-order valence-electron chi connectivity index (χ0n) is 20.0. The number of benzene rings is 5. The summed E-state index contributed by atoms with van der Waals surface area (Å²) in [6.45, 7) is 4.47. The van der Waals surface area contributed by atoms with Gasteiger partial charge in [-0.1, -0.05) is 105 Å². The van der Waals surface area contributed by atoms with E-state index in [0.29, 0.717) is 0 Å². The average molecular weight is 451 g/mol. The molecule has 0 N–H and O–H groups in total. The summed E-state index contributed by atoms with van der Waals surface area (Å²) in [6.07, 6.45) is 4.26. The van der Waals surface area contributed by atoms with Gasteiger partial charge in [0.05, 0.1) is 11.2 Å². The number of imidazole rings is 1. The van der Waals surface area contributed by atoms with E-state index in [9.17, 15) is 0 Å². The van der Waals surface area contributed by atoms with Gasteiger partial charge in [-0.2, -0.15) is 0 Å². The molecule has 2 aromatic heterocycles. The van der Waals surface area contributed by atoms with Crippen molar-refractivity contribution in [3.63, 3.8) is 0 Å². The summed E-state index contributed by atoms with van der Waals surface area (Å²) >= 11 is 0. The number of fused-ring (bicyclic) bond motifs is 11. The van der Waals surface area contributed by atoms with Crippen molar-refractivity contribution < 1.29 is 0 Å².